The van der Waals surface area contributed by atoms with E-state index >= 15 is 0 Å². The standard InChI is InChI=1S/C15H17N3OS/c1-11-3-6-13(7-4-11)16-10-15(19)18-17-9-14-8-5-12(2)20-14/h3-9,16H,10H2,1-2H3,(H,18,19)/b17-9-. The van der Waals surface area contributed by atoms with Crippen molar-refractivity contribution in [2.45, 2.75) is 13.8 Å². The van der Waals surface area contributed by atoms with Crippen molar-refractivity contribution in [3.8, 4) is 0 Å². The SMILES string of the molecule is Cc1ccc(NCC(=O)N/N=C\c2ccc(C)s2)cc1. The second-order valence-corrected chi connectivity index (χ2v) is 5.78. The topological polar surface area (TPSA) is 53.5 Å². The summed E-state index contributed by atoms with van der Waals surface area (Å²) < 4.78 is 0. The Labute approximate surface area is 122 Å². The van der Waals surface area contributed by atoms with E-state index in [-0.39, 0.29) is 12.5 Å². The van der Waals surface area contributed by atoms with Gasteiger partial charge >= 0.3 is 0 Å². The summed E-state index contributed by atoms with van der Waals surface area (Å²) in [5.74, 6) is -0.171. The summed E-state index contributed by atoms with van der Waals surface area (Å²) in [6.07, 6.45) is 1.65. The van der Waals surface area contributed by atoms with Crippen molar-refractivity contribution in [1.29, 1.82) is 0 Å². The van der Waals surface area contributed by atoms with E-state index in [2.05, 4.69) is 15.8 Å². The summed E-state index contributed by atoms with van der Waals surface area (Å²) in [4.78, 5) is 13.8. The largest absolute Gasteiger partial charge is 0.376 e. The molecule has 1 aromatic carbocycles. The van der Waals surface area contributed by atoms with Gasteiger partial charge in [-0.2, -0.15) is 5.10 Å². The van der Waals surface area contributed by atoms with Crippen molar-refractivity contribution in [2.75, 3.05) is 11.9 Å². The minimum Gasteiger partial charge on any atom is -0.376 e. The number of nitrogens with one attached hydrogen (secondary N) is 2. The summed E-state index contributed by atoms with van der Waals surface area (Å²) in [6, 6.07) is 11.9. The van der Waals surface area contributed by atoms with Gasteiger partial charge in [-0.3, -0.25) is 4.79 Å². The maximum Gasteiger partial charge on any atom is 0.259 e. The van der Waals surface area contributed by atoms with E-state index in [0.717, 1.165) is 10.6 Å². The van der Waals surface area contributed by atoms with E-state index in [1.165, 1.54) is 10.4 Å². The maximum atomic E-state index is 11.6. The second-order valence-electron chi connectivity index (χ2n) is 4.46. The average Bonchev–Trinajstić information content (AvgIpc) is 2.84. The first-order valence-electron chi connectivity index (χ1n) is 6.32. The van der Waals surface area contributed by atoms with Crippen LogP contribution in [0.2, 0.25) is 0 Å². The van der Waals surface area contributed by atoms with Gasteiger partial charge in [-0.15, -0.1) is 11.3 Å². The molecule has 0 aliphatic heterocycles. The van der Waals surface area contributed by atoms with Crippen molar-refractivity contribution < 1.29 is 4.79 Å². The Morgan fingerprint density at radius 1 is 1.20 bits per heavy atom. The molecular formula is C15H17N3OS. The number of aryl methyl sites for hydroxylation is 2. The van der Waals surface area contributed by atoms with Gasteiger partial charge in [0.05, 0.1) is 12.8 Å². The van der Waals surface area contributed by atoms with Crippen LogP contribution in [-0.4, -0.2) is 18.7 Å². The van der Waals surface area contributed by atoms with Crippen LogP contribution in [-0.2, 0) is 4.79 Å². The number of hydrogen-bond acceptors (Lipinski definition) is 4. The van der Waals surface area contributed by atoms with Gasteiger partial charge < -0.3 is 5.32 Å². The number of amides is 1. The molecule has 1 heterocycles. The number of nitrogens with zero attached hydrogens (tertiary/aromatic N) is 1. The highest BCUT2D eigenvalue weighted by Crippen LogP contribution is 2.12. The first-order chi connectivity index (χ1) is 9.63. The van der Waals surface area contributed by atoms with Crippen LogP contribution in [0.4, 0.5) is 5.69 Å². The molecule has 1 amide bonds. The predicted octanol–water partition coefficient (Wildman–Crippen LogP) is 2.93. The summed E-state index contributed by atoms with van der Waals surface area (Å²) in [5, 5.41) is 6.97. The van der Waals surface area contributed by atoms with Crippen LogP contribution in [0.15, 0.2) is 41.5 Å². The van der Waals surface area contributed by atoms with E-state index in [1.807, 2.05) is 50.2 Å². The van der Waals surface area contributed by atoms with Crippen LogP contribution in [0.5, 0.6) is 0 Å². The molecule has 0 saturated heterocycles. The summed E-state index contributed by atoms with van der Waals surface area (Å²) in [5.41, 5.74) is 4.61. The molecule has 2 rings (SSSR count). The number of rotatable bonds is 5. The van der Waals surface area contributed by atoms with Crippen LogP contribution < -0.4 is 10.7 Å². The Bertz CT molecular complexity index is 602. The quantitative estimate of drug-likeness (QED) is 0.656. The lowest BCUT2D eigenvalue weighted by atomic mass is 10.2. The van der Waals surface area contributed by atoms with Crippen LogP contribution in [0, 0.1) is 13.8 Å². The molecule has 2 aromatic rings. The minimum absolute atomic E-state index is 0.171. The van der Waals surface area contributed by atoms with Gasteiger partial charge in [-0.05, 0) is 38.1 Å². The number of benzene rings is 1. The molecule has 0 aliphatic rings. The summed E-state index contributed by atoms with van der Waals surface area (Å²) in [6.45, 7) is 4.26. The third-order valence-electron chi connectivity index (χ3n) is 2.65. The Balaban J connectivity index is 1.75. The average molecular weight is 287 g/mol. The second kappa shape index (κ2) is 6.86. The van der Waals surface area contributed by atoms with Crippen molar-refractivity contribution in [2.24, 2.45) is 5.10 Å². The third kappa shape index (κ3) is 4.51. The zero-order valence-electron chi connectivity index (χ0n) is 11.5. The van der Waals surface area contributed by atoms with Crippen LogP contribution in [0.3, 0.4) is 0 Å². The molecule has 104 valence electrons. The molecule has 0 unspecified atom stereocenters. The van der Waals surface area contributed by atoms with Gasteiger partial charge in [0.1, 0.15) is 0 Å². The number of anilines is 1. The molecule has 0 radical (unpaired) electrons. The van der Waals surface area contributed by atoms with Gasteiger partial charge in [0.25, 0.3) is 5.91 Å². The fourth-order valence-electron chi connectivity index (χ4n) is 1.58. The Kier molecular flexibility index (Phi) is 4.90. The Hall–Kier alpha value is -2.14. The number of carbonyl (C=O) groups excluding carboxylic acids is 1. The third-order valence-corrected chi connectivity index (χ3v) is 3.58. The molecule has 5 heteroatoms. The smallest absolute Gasteiger partial charge is 0.259 e. The highest BCUT2D eigenvalue weighted by molar-refractivity contribution is 7.13. The zero-order chi connectivity index (χ0) is 14.4. The van der Waals surface area contributed by atoms with E-state index in [4.69, 9.17) is 0 Å². The maximum absolute atomic E-state index is 11.6. The number of carbonyl (C=O) groups is 1. The van der Waals surface area contributed by atoms with E-state index < -0.39 is 0 Å². The lowest BCUT2D eigenvalue weighted by Crippen LogP contribution is -2.25. The molecule has 0 atom stereocenters. The van der Waals surface area contributed by atoms with Crippen molar-refractivity contribution >= 4 is 29.1 Å². The molecule has 0 aliphatic carbocycles. The normalized spacial score (nSPS) is 10.7. The molecular weight excluding hydrogens is 270 g/mol. The fourth-order valence-corrected chi connectivity index (χ4v) is 2.33. The van der Waals surface area contributed by atoms with Crippen molar-refractivity contribution in [3.63, 3.8) is 0 Å². The first kappa shape index (κ1) is 14.3. The summed E-state index contributed by atoms with van der Waals surface area (Å²) in [7, 11) is 0. The van der Waals surface area contributed by atoms with Gasteiger partial charge in [0.2, 0.25) is 0 Å². The van der Waals surface area contributed by atoms with E-state index in [0.29, 0.717) is 0 Å². The van der Waals surface area contributed by atoms with Crippen LogP contribution in [0.1, 0.15) is 15.3 Å². The fraction of sp³-hybridized carbons (Fsp3) is 0.200. The number of hydrogen-bond donors (Lipinski definition) is 2. The van der Waals surface area contributed by atoms with Crippen LogP contribution >= 0.6 is 11.3 Å². The summed E-state index contributed by atoms with van der Waals surface area (Å²) >= 11 is 1.63. The molecule has 4 nitrogen and oxygen atoms in total. The molecule has 0 saturated carbocycles. The van der Waals surface area contributed by atoms with Gasteiger partial charge in [0.15, 0.2) is 0 Å². The minimum atomic E-state index is -0.171. The first-order valence-corrected chi connectivity index (χ1v) is 7.14. The molecule has 0 bridgehead atoms. The van der Waals surface area contributed by atoms with Gasteiger partial charge in [-0.25, -0.2) is 5.43 Å². The Morgan fingerprint density at radius 2 is 1.95 bits per heavy atom. The lowest BCUT2D eigenvalue weighted by Gasteiger charge is -2.05. The monoisotopic (exact) mass is 287 g/mol. The zero-order valence-corrected chi connectivity index (χ0v) is 12.3. The molecule has 0 spiro atoms. The molecule has 20 heavy (non-hydrogen) atoms. The Morgan fingerprint density at radius 3 is 2.60 bits per heavy atom. The molecule has 0 fully saturated rings. The van der Waals surface area contributed by atoms with Crippen molar-refractivity contribution in [3.05, 3.63) is 51.7 Å². The van der Waals surface area contributed by atoms with E-state index in [9.17, 15) is 4.79 Å². The highest BCUT2D eigenvalue weighted by Gasteiger charge is 1.99. The lowest BCUT2D eigenvalue weighted by molar-refractivity contribution is -0.119. The van der Waals surface area contributed by atoms with E-state index in [1.54, 1.807) is 17.6 Å². The van der Waals surface area contributed by atoms with Gasteiger partial charge in [0, 0.05) is 15.4 Å². The predicted molar refractivity (Wildman–Crippen MR) is 84.5 cm³/mol. The van der Waals surface area contributed by atoms with Crippen molar-refractivity contribution in [1.82, 2.24) is 5.43 Å². The highest BCUT2D eigenvalue weighted by atomic mass is 32.1. The number of hydrazone groups is 1. The molecule has 1 aromatic heterocycles. The molecule has 2 N–H and O–H groups in total. The van der Waals surface area contributed by atoms with Crippen LogP contribution in [0.25, 0.3) is 0 Å². The van der Waals surface area contributed by atoms with Gasteiger partial charge in [-0.1, -0.05) is 17.7 Å². The number of thiophene rings is 1.